The summed E-state index contributed by atoms with van der Waals surface area (Å²) in [6.07, 6.45) is 11.1. The van der Waals surface area contributed by atoms with E-state index in [1.807, 2.05) is 0 Å². The summed E-state index contributed by atoms with van der Waals surface area (Å²) >= 11 is 0. The van der Waals surface area contributed by atoms with Gasteiger partial charge in [0.05, 0.1) is 5.41 Å². The number of benzene rings is 1. The second kappa shape index (κ2) is 10.4. The second-order valence-electron chi connectivity index (χ2n) is 11.3. The lowest BCUT2D eigenvalue weighted by molar-refractivity contribution is -0.151. The molecular weight excluding hydrogens is 410 g/mol. The fourth-order valence-corrected chi connectivity index (χ4v) is 6.62. The first-order valence-corrected chi connectivity index (χ1v) is 13.6. The van der Waals surface area contributed by atoms with E-state index in [0.717, 1.165) is 77.4 Å². The van der Waals surface area contributed by atoms with Gasteiger partial charge in [-0.05, 0) is 70.2 Å². The van der Waals surface area contributed by atoms with Crippen molar-refractivity contribution in [2.75, 3.05) is 57.3 Å². The van der Waals surface area contributed by atoms with Crippen molar-refractivity contribution in [2.45, 2.75) is 70.8 Å². The highest BCUT2D eigenvalue weighted by molar-refractivity contribution is 5.79. The number of aryl methyl sites for hydroxylation is 1. The average Bonchev–Trinajstić information content (AvgIpc) is 3.15. The summed E-state index contributed by atoms with van der Waals surface area (Å²) in [5.74, 6) is 0.997. The van der Waals surface area contributed by atoms with Gasteiger partial charge in [0.1, 0.15) is 6.10 Å². The van der Waals surface area contributed by atoms with Crippen LogP contribution >= 0.6 is 0 Å². The third-order valence-corrected chi connectivity index (χ3v) is 8.92. The average molecular weight is 454 g/mol. The van der Waals surface area contributed by atoms with E-state index in [1.54, 1.807) is 0 Å². The molecule has 33 heavy (non-hydrogen) atoms. The number of nitrogens with zero attached hydrogens (tertiary/aromatic N) is 3. The van der Waals surface area contributed by atoms with Gasteiger partial charge in [-0.2, -0.15) is 0 Å². The van der Waals surface area contributed by atoms with Crippen molar-refractivity contribution in [3.8, 4) is 0 Å². The highest BCUT2D eigenvalue weighted by Gasteiger charge is 2.50. The second-order valence-corrected chi connectivity index (χ2v) is 11.3. The van der Waals surface area contributed by atoms with Crippen molar-refractivity contribution in [3.63, 3.8) is 0 Å². The van der Waals surface area contributed by atoms with Crippen LogP contribution in [0.25, 0.3) is 0 Å². The van der Waals surface area contributed by atoms with Crippen molar-refractivity contribution >= 4 is 11.7 Å². The molecule has 5 heteroatoms. The Balaban J connectivity index is 1.04. The third kappa shape index (κ3) is 5.57. The van der Waals surface area contributed by atoms with Gasteiger partial charge in [0.2, 0.25) is 0 Å². The zero-order chi connectivity index (χ0) is 22.7. The van der Waals surface area contributed by atoms with E-state index in [1.165, 1.54) is 49.9 Å². The maximum atomic E-state index is 12.9. The first-order chi connectivity index (χ1) is 16.1. The molecule has 1 aromatic rings. The molecule has 1 aromatic carbocycles. The Hall–Kier alpha value is -1.59. The van der Waals surface area contributed by atoms with E-state index >= 15 is 0 Å². The van der Waals surface area contributed by atoms with Crippen LogP contribution in [0.15, 0.2) is 24.3 Å². The number of piperazine rings is 1. The monoisotopic (exact) mass is 453 g/mol. The molecule has 1 spiro atoms. The predicted octanol–water partition coefficient (Wildman–Crippen LogP) is 4.49. The molecule has 182 valence electrons. The molecule has 0 radical (unpaired) electrons. The van der Waals surface area contributed by atoms with Gasteiger partial charge in [-0.3, -0.25) is 9.69 Å². The summed E-state index contributed by atoms with van der Waals surface area (Å²) in [4.78, 5) is 20.5. The smallest absolute Gasteiger partial charge is 0.312 e. The molecule has 4 aliphatic rings. The summed E-state index contributed by atoms with van der Waals surface area (Å²) in [6, 6.07) is 8.88. The Morgan fingerprint density at radius 1 is 0.909 bits per heavy atom. The molecule has 5 rings (SSSR count). The van der Waals surface area contributed by atoms with Crippen LogP contribution in [0.4, 0.5) is 5.69 Å². The summed E-state index contributed by atoms with van der Waals surface area (Å²) < 4.78 is 5.94. The van der Waals surface area contributed by atoms with Gasteiger partial charge in [0.15, 0.2) is 0 Å². The lowest BCUT2D eigenvalue weighted by atomic mass is 9.75. The molecule has 3 saturated heterocycles. The molecule has 0 N–H and O–H groups in total. The van der Waals surface area contributed by atoms with Crippen LogP contribution in [0.1, 0.15) is 63.4 Å². The van der Waals surface area contributed by atoms with Gasteiger partial charge in [-0.25, -0.2) is 0 Å². The normalized spacial score (nSPS) is 27.2. The van der Waals surface area contributed by atoms with E-state index < -0.39 is 0 Å². The van der Waals surface area contributed by atoms with Crippen molar-refractivity contribution in [1.29, 1.82) is 0 Å². The van der Waals surface area contributed by atoms with Crippen LogP contribution in [-0.4, -0.2) is 74.2 Å². The van der Waals surface area contributed by atoms with Crippen molar-refractivity contribution in [1.82, 2.24) is 9.80 Å². The zero-order valence-electron chi connectivity index (χ0n) is 20.6. The van der Waals surface area contributed by atoms with Crippen LogP contribution in [0.2, 0.25) is 0 Å². The molecule has 0 amide bonds. The number of ether oxygens (including phenoxy) is 1. The van der Waals surface area contributed by atoms with Gasteiger partial charge < -0.3 is 14.5 Å². The lowest BCUT2D eigenvalue weighted by Crippen LogP contribution is -2.47. The van der Waals surface area contributed by atoms with Gasteiger partial charge in [-0.1, -0.05) is 37.0 Å². The quantitative estimate of drug-likeness (QED) is 0.594. The van der Waals surface area contributed by atoms with Gasteiger partial charge in [0, 0.05) is 51.4 Å². The van der Waals surface area contributed by atoms with Crippen LogP contribution in [-0.2, 0) is 9.53 Å². The van der Waals surface area contributed by atoms with E-state index in [-0.39, 0.29) is 17.5 Å². The summed E-state index contributed by atoms with van der Waals surface area (Å²) in [5, 5.41) is 0. The van der Waals surface area contributed by atoms with Crippen LogP contribution in [0.3, 0.4) is 0 Å². The molecule has 0 aromatic heterocycles. The van der Waals surface area contributed by atoms with E-state index in [0.29, 0.717) is 0 Å². The minimum absolute atomic E-state index is 0.106. The molecule has 1 aliphatic carbocycles. The summed E-state index contributed by atoms with van der Waals surface area (Å²) in [5.41, 5.74) is 2.47. The number of rotatable bonds is 6. The molecule has 5 nitrogen and oxygen atoms in total. The van der Waals surface area contributed by atoms with E-state index in [2.05, 4.69) is 45.9 Å². The number of likely N-dealkylation sites (tertiary alicyclic amines) is 1. The Bertz CT molecular complexity index is 773. The Kier molecular flexibility index (Phi) is 7.27. The van der Waals surface area contributed by atoms with E-state index in [9.17, 15) is 4.79 Å². The largest absolute Gasteiger partial charge is 0.462 e. The van der Waals surface area contributed by atoms with E-state index in [4.69, 9.17) is 4.74 Å². The standard InChI is InChI=1S/C28H43N3O2/c1-23-7-9-25(10-8-23)31-19-17-29(18-20-31)14-11-26-21-28(27(32)33-26)12-15-30(16-13-28)22-24-5-3-2-4-6-24/h7-10,24,26H,2-6,11-22H2,1H3. The Morgan fingerprint density at radius 3 is 2.30 bits per heavy atom. The van der Waals surface area contributed by atoms with Gasteiger partial charge in [0.25, 0.3) is 0 Å². The van der Waals surface area contributed by atoms with Crippen LogP contribution < -0.4 is 4.90 Å². The van der Waals surface area contributed by atoms with Crippen molar-refractivity contribution in [3.05, 3.63) is 29.8 Å². The van der Waals surface area contributed by atoms with Crippen LogP contribution in [0.5, 0.6) is 0 Å². The highest BCUT2D eigenvalue weighted by Crippen LogP contribution is 2.44. The first-order valence-electron chi connectivity index (χ1n) is 13.6. The number of piperidine rings is 1. The SMILES string of the molecule is Cc1ccc(N2CCN(CCC3CC4(CCN(CC5CCCCC5)CC4)C(=O)O3)CC2)cc1. The molecular formula is C28H43N3O2. The molecule has 1 unspecified atom stereocenters. The minimum atomic E-state index is -0.183. The number of carbonyl (C=O) groups is 1. The number of hydrogen-bond donors (Lipinski definition) is 0. The molecule has 0 bridgehead atoms. The number of hydrogen-bond acceptors (Lipinski definition) is 5. The fraction of sp³-hybridized carbons (Fsp3) is 0.750. The lowest BCUT2D eigenvalue weighted by Gasteiger charge is -2.38. The molecule has 4 fully saturated rings. The zero-order valence-corrected chi connectivity index (χ0v) is 20.6. The number of anilines is 1. The van der Waals surface area contributed by atoms with Gasteiger partial charge >= 0.3 is 5.97 Å². The maximum Gasteiger partial charge on any atom is 0.312 e. The van der Waals surface area contributed by atoms with Crippen molar-refractivity contribution < 1.29 is 9.53 Å². The molecule has 1 atom stereocenters. The number of cyclic esters (lactones) is 1. The van der Waals surface area contributed by atoms with Crippen LogP contribution in [0, 0.1) is 18.3 Å². The summed E-state index contributed by atoms with van der Waals surface area (Å²) in [6.45, 7) is 10.9. The number of esters is 1. The first kappa shape index (κ1) is 23.2. The third-order valence-electron chi connectivity index (χ3n) is 8.92. The Labute approximate surface area is 200 Å². The summed E-state index contributed by atoms with van der Waals surface area (Å²) in [7, 11) is 0. The number of carbonyl (C=O) groups excluding carboxylic acids is 1. The topological polar surface area (TPSA) is 36.0 Å². The maximum absolute atomic E-state index is 12.9. The predicted molar refractivity (Wildman–Crippen MR) is 134 cm³/mol. The van der Waals surface area contributed by atoms with Crippen molar-refractivity contribution in [2.24, 2.45) is 11.3 Å². The molecule has 3 heterocycles. The fourth-order valence-electron chi connectivity index (χ4n) is 6.62. The van der Waals surface area contributed by atoms with Gasteiger partial charge in [-0.15, -0.1) is 0 Å². The minimum Gasteiger partial charge on any atom is -0.462 e. The Morgan fingerprint density at radius 2 is 1.61 bits per heavy atom. The molecule has 3 aliphatic heterocycles. The highest BCUT2D eigenvalue weighted by atomic mass is 16.6. The molecule has 1 saturated carbocycles.